The number of hydrogen-bond acceptors (Lipinski definition) is 7. The maximum Gasteiger partial charge on any atom is 0.408 e. The molecule has 1 N–H and O–H groups in total. The van der Waals surface area contributed by atoms with Gasteiger partial charge in [0.25, 0.3) is 0 Å². The van der Waals surface area contributed by atoms with Crippen molar-refractivity contribution >= 4 is 27.8 Å². The van der Waals surface area contributed by atoms with Crippen molar-refractivity contribution in [3.8, 4) is 0 Å². The zero-order chi connectivity index (χ0) is 26.6. The summed E-state index contributed by atoms with van der Waals surface area (Å²) in [5.41, 5.74) is 1.34. The molecule has 3 heterocycles. The third-order valence-electron chi connectivity index (χ3n) is 6.60. The lowest BCUT2D eigenvalue weighted by molar-refractivity contribution is -0.138. The quantitative estimate of drug-likeness (QED) is 0.528. The first-order chi connectivity index (χ1) is 17.7. The number of benzene rings is 1. The van der Waals surface area contributed by atoms with E-state index in [-0.39, 0.29) is 37.2 Å². The Morgan fingerprint density at radius 1 is 1.14 bits per heavy atom. The van der Waals surface area contributed by atoms with Crippen LogP contribution in [0.5, 0.6) is 0 Å². The molecule has 0 radical (unpaired) electrons. The van der Waals surface area contributed by atoms with Crippen LogP contribution in [0, 0.1) is 5.92 Å². The second-order valence-corrected chi connectivity index (χ2v) is 11.8. The van der Waals surface area contributed by atoms with Crippen molar-refractivity contribution in [2.24, 2.45) is 5.92 Å². The van der Waals surface area contributed by atoms with Crippen LogP contribution in [0.15, 0.2) is 54.9 Å². The molecule has 11 heteroatoms. The molecule has 3 atom stereocenters. The molecule has 10 nitrogen and oxygen atoms in total. The van der Waals surface area contributed by atoms with Crippen LogP contribution in [0.4, 0.5) is 4.79 Å². The van der Waals surface area contributed by atoms with Gasteiger partial charge in [-0.3, -0.25) is 14.6 Å². The van der Waals surface area contributed by atoms with E-state index in [1.807, 2.05) is 44.2 Å². The molecule has 2 saturated heterocycles. The van der Waals surface area contributed by atoms with E-state index in [9.17, 15) is 22.8 Å². The van der Waals surface area contributed by atoms with Crippen LogP contribution < -0.4 is 5.32 Å². The van der Waals surface area contributed by atoms with Crippen molar-refractivity contribution in [2.75, 3.05) is 13.1 Å². The minimum Gasteiger partial charge on any atom is -0.445 e. The number of pyridine rings is 1. The van der Waals surface area contributed by atoms with Crippen molar-refractivity contribution in [1.82, 2.24) is 19.5 Å². The van der Waals surface area contributed by atoms with Gasteiger partial charge >= 0.3 is 6.09 Å². The molecule has 2 aliphatic heterocycles. The van der Waals surface area contributed by atoms with Crippen molar-refractivity contribution in [1.29, 1.82) is 0 Å². The predicted octanol–water partition coefficient (Wildman–Crippen LogP) is 2.11. The summed E-state index contributed by atoms with van der Waals surface area (Å²) in [6.07, 6.45) is 3.02. The first-order valence-corrected chi connectivity index (χ1v) is 14.0. The van der Waals surface area contributed by atoms with Crippen LogP contribution >= 0.6 is 0 Å². The summed E-state index contributed by atoms with van der Waals surface area (Å²) in [6, 6.07) is 10.1. The number of Topliss-reactive ketones (excluding diaryl/α,β-unsaturated/α-hetero) is 1. The van der Waals surface area contributed by atoms with Gasteiger partial charge in [-0.05, 0) is 36.0 Å². The number of aromatic nitrogens is 1. The number of rotatable bonds is 9. The van der Waals surface area contributed by atoms with E-state index in [4.69, 9.17) is 4.74 Å². The van der Waals surface area contributed by atoms with E-state index in [2.05, 4.69) is 10.3 Å². The lowest BCUT2D eigenvalue weighted by atomic mass is 10.0. The van der Waals surface area contributed by atoms with Gasteiger partial charge in [-0.1, -0.05) is 50.2 Å². The number of ether oxygens (including phenoxy) is 1. The van der Waals surface area contributed by atoms with Gasteiger partial charge in [-0.25, -0.2) is 13.2 Å². The molecule has 0 bridgehead atoms. The van der Waals surface area contributed by atoms with Crippen LogP contribution in [0.25, 0.3) is 0 Å². The van der Waals surface area contributed by atoms with Crippen molar-refractivity contribution in [3.63, 3.8) is 0 Å². The Labute approximate surface area is 217 Å². The Kier molecular flexibility index (Phi) is 8.23. The smallest absolute Gasteiger partial charge is 0.408 e. The molecule has 1 aromatic carbocycles. The molecule has 0 saturated carbocycles. The fraction of sp³-hybridized carbons (Fsp3) is 0.462. The molecule has 4 rings (SSSR count). The first-order valence-electron chi connectivity index (χ1n) is 12.3. The van der Waals surface area contributed by atoms with Gasteiger partial charge in [0, 0.05) is 18.9 Å². The number of ketones is 1. The number of nitrogens with one attached hydrogen (secondary N) is 1. The zero-order valence-corrected chi connectivity index (χ0v) is 21.8. The van der Waals surface area contributed by atoms with Crippen molar-refractivity contribution < 1.29 is 27.5 Å². The molecule has 0 aliphatic carbocycles. The number of sulfonamides is 1. The molecule has 3 unspecified atom stereocenters. The molecule has 2 fully saturated rings. The molecule has 2 aliphatic rings. The largest absolute Gasteiger partial charge is 0.445 e. The Balaban J connectivity index is 1.44. The Hall–Kier alpha value is -3.31. The maximum atomic E-state index is 13.6. The summed E-state index contributed by atoms with van der Waals surface area (Å²) in [4.78, 5) is 44.4. The van der Waals surface area contributed by atoms with Crippen LogP contribution in [0.1, 0.15) is 37.8 Å². The van der Waals surface area contributed by atoms with Crippen molar-refractivity contribution in [2.45, 2.75) is 57.2 Å². The number of amides is 2. The van der Waals surface area contributed by atoms with Crippen LogP contribution in [-0.2, 0) is 36.7 Å². The van der Waals surface area contributed by atoms with E-state index in [1.165, 1.54) is 15.4 Å². The number of carbonyl (C=O) groups excluding carboxylic acids is 3. The molecule has 37 heavy (non-hydrogen) atoms. The summed E-state index contributed by atoms with van der Waals surface area (Å²) >= 11 is 0. The average molecular weight is 529 g/mol. The molecule has 2 aromatic rings. The second-order valence-electron chi connectivity index (χ2n) is 9.85. The van der Waals surface area contributed by atoms with Gasteiger partial charge in [-0.15, -0.1) is 0 Å². The van der Waals surface area contributed by atoms with E-state index in [0.717, 1.165) is 5.56 Å². The summed E-state index contributed by atoms with van der Waals surface area (Å²) in [6.45, 7) is 3.87. The number of nitrogens with zero attached hydrogens (tertiary/aromatic N) is 3. The van der Waals surface area contributed by atoms with Gasteiger partial charge < -0.3 is 15.0 Å². The standard InChI is InChI=1S/C26H32N4O6S/c1-18(2)13-21(28-26(33)36-16-19-7-4-3-5-8-19)25(32)29-12-10-22-24(29)23(31)15-30(22)37(34,35)17-20-9-6-11-27-14-20/h3-9,11,14,18,21-22,24H,10,12-13,15-17H2,1-2H3,(H,28,33). The predicted molar refractivity (Wildman–Crippen MR) is 135 cm³/mol. The van der Waals surface area contributed by atoms with Gasteiger partial charge in [0.2, 0.25) is 15.9 Å². The minimum atomic E-state index is -3.80. The summed E-state index contributed by atoms with van der Waals surface area (Å²) in [5, 5.41) is 2.66. The van der Waals surface area contributed by atoms with E-state index in [1.54, 1.807) is 18.3 Å². The monoisotopic (exact) mass is 528 g/mol. The van der Waals surface area contributed by atoms with E-state index in [0.29, 0.717) is 18.4 Å². The summed E-state index contributed by atoms with van der Waals surface area (Å²) in [5.74, 6) is -0.911. The normalized spacial score (nSPS) is 20.6. The Morgan fingerprint density at radius 2 is 1.86 bits per heavy atom. The molecule has 2 amide bonds. The van der Waals surface area contributed by atoms with Gasteiger partial charge in [0.15, 0.2) is 5.78 Å². The highest BCUT2D eigenvalue weighted by Crippen LogP contribution is 2.33. The van der Waals surface area contributed by atoms with E-state index < -0.39 is 40.1 Å². The topological polar surface area (TPSA) is 126 Å². The zero-order valence-electron chi connectivity index (χ0n) is 20.9. The fourth-order valence-electron chi connectivity index (χ4n) is 4.96. The van der Waals surface area contributed by atoms with Crippen LogP contribution in [-0.4, -0.2) is 71.6 Å². The average Bonchev–Trinajstić information content (AvgIpc) is 3.44. The SMILES string of the molecule is CC(C)CC(NC(=O)OCc1ccccc1)C(=O)N1CCC2C1C(=O)CN2S(=O)(=O)Cc1cccnc1. The maximum absolute atomic E-state index is 13.6. The minimum absolute atomic E-state index is 0.0614. The number of likely N-dealkylation sites (tertiary alicyclic amines) is 1. The number of fused-ring (bicyclic) bond motifs is 1. The van der Waals surface area contributed by atoms with Crippen molar-refractivity contribution in [3.05, 3.63) is 66.0 Å². The lowest BCUT2D eigenvalue weighted by Crippen LogP contribution is -2.53. The number of carbonyl (C=O) groups is 3. The van der Waals surface area contributed by atoms with E-state index >= 15 is 0 Å². The molecule has 198 valence electrons. The van der Waals surface area contributed by atoms with Gasteiger partial charge in [-0.2, -0.15) is 4.31 Å². The fourth-order valence-corrected chi connectivity index (χ4v) is 6.67. The molecular formula is C26H32N4O6S. The highest BCUT2D eigenvalue weighted by molar-refractivity contribution is 7.88. The Morgan fingerprint density at radius 3 is 2.54 bits per heavy atom. The third-order valence-corrected chi connectivity index (χ3v) is 8.41. The second kappa shape index (κ2) is 11.4. The summed E-state index contributed by atoms with van der Waals surface area (Å²) < 4.78 is 32.8. The Bertz CT molecular complexity index is 1220. The van der Waals surface area contributed by atoms with Crippen LogP contribution in [0.2, 0.25) is 0 Å². The molecular weight excluding hydrogens is 496 g/mol. The van der Waals surface area contributed by atoms with Gasteiger partial charge in [0.1, 0.15) is 18.7 Å². The lowest BCUT2D eigenvalue weighted by Gasteiger charge is -2.29. The highest BCUT2D eigenvalue weighted by Gasteiger charge is 2.54. The molecule has 1 aromatic heterocycles. The summed E-state index contributed by atoms with van der Waals surface area (Å²) in [7, 11) is -3.80. The third kappa shape index (κ3) is 6.34. The van der Waals surface area contributed by atoms with Gasteiger partial charge in [0.05, 0.1) is 18.3 Å². The van der Waals surface area contributed by atoms with Crippen LogP contribution in [0.3, 0.4) is 0 Å². The first kappa shape index (κ1) is 26.7. The number of hydrogen-bond donors (Lipinski definition) is 1. The highest BCUT2D eigenvalue weighted by atomic mass is 32.2. The molecule has 0 spiro atoms. The number of alkyl carbamates (subject to hydrolysis) is 1.